The fourth-order valence-electron chi connectivity index (χ4n) is 2.86. The van der Waals surface area contributed by atoms with Crippen LogP contribution in [0.1, 0.15) is 25.7 Å². The minimum Gasteiger partial charge on any atom is -0.379 e. The molecule has 2 aliphatic heterocycles. The fourth-order valence-corrected chi connectivity index (χ4v) is 2.86. The van der Waals surface area contributed by atoms with Gasteiger partial charge in [-0.3, -0.25) is 0 Å². The first-order valence-electron chi connectivity index (χ1n) is 7.55. The summed E-state index contributed by atoms with van der Waals surface area (Å²) in [6.07, 6.45) is 5.31. The molecule has 0 bridgehead atoms. The first kappa shape index (κ1) is 14.3. The summed E-state index contributed by atoms with van der Waals surface area (Å²) in [5, 5.41) is 7.08. The Morgan fingerprint density at radius 2 is 2.00 bits per heavy atom. The zero-order valence-corrected chi connectivity index (χ0v) is 11.8. The maximum Gasteiger partial charge on any atom is 0.0620 e. The maximum atomic E-state index is 5.45. The van der Waals surface area contributed by atoms with Crippen LogP contribution in [0.4, 0.5) is 0 Å². The van der Waals surface area contributed by atoms with E-state index in [1.165, 1.54) is 45.3 Å². The van der Waals surface area contributed by atoms with Gasteiger partial charge in [0.05, 0.1) is 13.2 Å². The minimum atomic E-state index is 0.564. The summed E-state index contributed by atoms with van der Waals surface area (Å²) in [5.74, 6) is 0.949. The van der Waals surface area contributed by atoms with E-state index in [0.717, 1.165) is 32.2 Å². The summed E-state index contributed by atoms with van der Waals surface area (Å²) < 4.78 is 5.45. The van der Waals surface area contributed by atoms with Crippen molar-refractivity contribution in [2.75, 3.05) is 53.0 Å². The lowest BCUT2D eigenvalue weighted by atomic mass is 9.94. The zero-order valence-electron chi connectivity index (χ0n) is 11.8. The van der Waals surface area contributed by atoms with E-state index in [-0.39, 0.29) is 0 Å². The number of nitrogens with zero attached hydrogens (tertiary/aromatic N) is 1. The second-order valence-electron chi connectivity index (χ2n) is 5.80. The number of piperidine rings is 1. The highest BCUT2D eigenvalue weighted by Gasteiger charge is 2.16. The molecule has 1 unspecified atom stereocenters. The average molecular weight is 255 g/mol. The number of rotatable bonds is 6. The van der Waals surface area contributed by atoms with Crippen LogP contribution in [0.25, 0.3) is 0 Å². The fraction of sp³-hybridized carbons (Fsp3) is 1.00. The van der Waals surface area contributed by atoms with Crippen molar-refractivity contribution in [3.63, 3.8) is 0 Å². The second-order valence-corrected chi connectivity index (χ2v) is 5.80. The normalized spacial score (nSPS) is 27.5. The molecule has 4 nitrogen and oxygen atoms in total. The standard InChI is InChI=1S/C14H29N3O/c1-17-9-4-13(5-10-17)2-6-15-7-3-14-12-18-11-8-16-14/h13-16H,2-12H2,1H3. The van der Waals surface area contributed by atoms with Gasteiger partial charge in [0, 0.05) is 12.6 Å². The quantitative estimate of drug-likeness (QED) is 0.685. The number of hydrogen-bond donors (Lipinski definition) is 2. The molecule has 0 aromatic rings. The summed E-state index contributed by atoms with van der Waals surface area (Å²) in [5.41, 5.74) is 0. The van der Waals surface area contributed by atoms with Gasteiger partial charge in [0.2, 0.25) is 0 Å². The molecule has 0 radical (unpaired) electrons. The van der Waals surface area contributed by atoms with E-state index < -0.39 is 0 Å². The van der Waals surface area contributed by atoms with Gasteiger partial charge in [-0.1, -0.05) is 0 Å². The molecule has 0 aliphatic carbocycles. The van der Waals surface area contributed by atoms with E-state index in [9.17, 15) is 0 Å². The molecule has 2 saturated heterocycles. The summed E-state index contributed by atoms with van der Waals surface area (Å²) in [6.45, 7) is 7.65. The predicted molar refractivity (Wildman–Crippen MR) is 74.9 cm³/mol. The van der Waals surface area contributed by atoms with Gasteiger partial charge >= 0.3 is 0 Å². The highest BCUT2D eigenvalue weighted by molar-refractivity contribution is 4.73. The van der Waals surface area contributed by atoms with Crippen LogP contribution in [0, 0.1) is 5.92 Å². The number of hydrogen-bond acceptors (Lipinski definition) is 4. The molecular weight excluding hydrogens is 226 g/mol. The van der Waals surface area contributed by atoms with Crippen molar-refractivity contribution < 1.29 is 4.74 Å². The molecule has 4 heteroatoms. The van der Waals surface area contributed by atoms with Crippen LogP contribution in [0.15, 0.2) is 0 Å². The van der Waals surface area contributed by atoms with Gasteiger partial charge in [-0.25, -0.2) is 0 Å². The molecule has 0 aromatic carbocycles. The maximum absolute atomic E-state index is 5.45. The third-order valence-corrected chi connectivity index (χ3v) is 4.24. The van der Waals surface area contributed by atoms with Gasteiger partial charge in [0.15, 0.2) is 0 Å². The monoisotopic (exact) mass is 255 g/mol. The Balaban J connectivity index is 1.43. The first-order chi connectivity index (χ1) is 8.84. The van der Waals surface area contributed by atoms with E-state index in [2.05, 4.69) is 22.6 Å². The van der Waals surface area contributed by atoms with Crippen LogP contribution >= 0.6 is 0 Å². The molecule has 0 saturated carbocycles. The molecule has 2 N–H and O–H groups in total. The van der Waals surface area contributed by atoms with Gasteiger partial charge in [-0.05, 0) is 64.8 Å². The molecule has 0 amide bonds. The van der Waals surface area contributed by atoms with Crippen molar-refractivity contribution in [3.05, 3.63) is 0 Å². The van der Waals surface area contributed by atoms with Gasteiger partial charge in [0.25, 0.3) is 0 Å². The molecule has 2 fully saturated rings. The lowest BCUT2D eigenvalue weighted by molar-refractivity contribution is 0.0742. The predicted octanol–water partition coefficient (Wildman–Crippen LogP) is 0.686. The zero-order chi connectivity index (χ0) is 12.6. The molecule has 18 heavy (non-hydrogen) atoms. The van der Waals surface area contributed by atoms with Crippen molar-refractivity contribution in [3.8, 4) is 0 Å². The topological polar surface area (TPSA) is 36.5 Å². The Bertz CT molecular complexity index is 211. The largest absolute Gasteiger partial charge is 0.379 e. The number of nitrogens with one attached hydrogen (secondary N) is 2. The third kappa shape index (κ3) is 5.22. The van der Waals surface area contributed by atoms with Crippen molar-refractivity contribution in [2.24, 2.45) is 5.92 Å². The van der Waals surface area contributed by atoms with Crippen molar-refractivity contribution >= 4 is 0 Å². The number of morpholine rings is 1. The lowest BCUT2D eigenvalue weighted by Gasteiger charge is -2.29. The van der Waals surface area contributed by atoms with Gasteiger partial charge in [-0.15, -0.1) is 0 Å². The Morgan fingerprint density at radius 3 is 2.72 bits per heavy atom. The Morgan fingerprint density at radius 1 is 1.22 bits per heavy atom. The van der Waals surface area contributed by atoms with Crippen molar-refractivity contribution in [1.82, 2.24) is 15.5 Å². The van der Waals surface area contributed by atoms with Crippen LogP contribution in [0.3, 0.4) is 0 Å². The second kappa shape index (κ2) is 8.10. The summed E-state index contributed by atoms with van der Waals surface area (Å²) in [7, 11) is 2.23. The van der Waals surface area contributed by atoms with Crippen molar-refractivity contribution in [1.29, 1.82) is 0 Å². The molecule has 1 atom stereocenters. The summed E-state index contributed by atoms with van der Waals surface area (Å²) in [4.78, 5) is 2.44. The van der Waals surface area contributed by atoms with E-state index in [4.69, 9.17) is 4.74 Å². The highest BCUT2D eigenvalue weighted by Crippen LogP contribution is 2.18. The van der Waals surface area contributed by atoms with Gasteiger partial charge < -0.3 is 20.3 Å². The minimum absolute atomic E-state index is 0.564. The third-order valence-electron chi connectivity index (χ3n) is 4.24. The Labute approximate surface area is 111 Å². The SMILES string of the molecule is CN1CCC(CCNCCC2COCCN2)CC1. The Kier molecular flexibility index (Phi) is 6.41. The molecule has 2 rings (SSSR count). The van der Waals surface area contributed by atoms with Crippen LogP contribution < -0.4 is 10.6 Å². The van der Waals surface area contributed by atoms with Crippen molar-refractivity contribution in [2.45, 2.75) is 31.7 Å². The Hall–Kier alpha value is -0.160. The first-order valence-corrected chi connectivity index (χ1v) is 7.55. The molecule has 106 valence electrons. The molecular formula is C14H29N3O. The highest BCUT2D eigenvalue weighted by atomic mass is 16.5. The number of likely N-dealkylation sites (tertiary alicyclic amines) is 1. The van der Waals surface area contributed by atoms with Gasteiger partial charge in [0.1, 0.15) is 0 Å². The summed E-state index contributed by atoms with van der Waals surface area (Å²) in [6, 6.07) is 0.564. The van der Waals surface area contributed by atoms with E-state index in [1.807, 2.05) is 0 Å². The number of ether oxygens (including phenoxy) is 1. The van der Waals surface area contributed by atoms with Crippen LogP contribution in [0.5, 0.6) is 0 Å². The van der Waals surface area contributed by atoms with E-state index in [0.29, 0.717) is 6.04 Å². The van der Waals surface area contributed by atoms with E-state index in [1.54, 1.807) is 0 Å². The smallest absolute Gasteiger partial charge is 0.0620 e. The molecule has 2 heterocycles. The molecule has 0 spiro atoms. The van der Waals surface area contributed by atoms with Crippen LogP contribution in [-0.4, -0.2) is 63.9 Å². The van der Waals surface area contributed by atoms with Crippen LogP contribution in [-0.2, 0) is 4.74 Å². The van der Waals surface area contributed by atoms with Gasteiger partial charge in [-0.2, -0.15) is 0 Å². The van der Waals surface area contributed by atoms with Crippen LogP contribution in [0.2, 0.25) is 0 Å². The summed E-state index contributed by atoms with van der Waals surface area (Å²) >= 11 is 0. The lowest BCUT2D eigenvalue weighted by Crippen LogP contribution is -2.42. The average Bonchev–Trinajstić information content (AvgIpc) is 2.42. The molecule has 2 aliphatic rings. The molecule has 0 aromatic heterocycles. The van der Waals surface area contributed by atoms with E-state index >= 15 is 0 Å².